The summed E-state index contributed by atoms with van der Waals surface area (Å²) in [5.41, 5.74) is 1.47. The normalized spacial score (nSPS) is 12.2. The Bertz CT molecular complexity index is 1410. The molecule has 0 saturated heterocycles. The van der Waals surface area contributed by atoms with Crippen LogP contribution in [-0.4, -0.2) is 51.5 Å². The van der Waals surface area contributed by atoms with Crippen LogP contribution in [0, 0.1) is 0 Å². The fourth-order valence-electron chi connectivity index (χ4n) is 4.27. The van der Waals surface area contributed by atoms with Gasteiger partial charge in [-0.05, 0) is 56.4 Å². The van der Waals surface area contributed by atoms with Crippen LogP contribution in [0.1, 0.15) is 59.7 Å². The van der Waals surface area contributed by atoms with E-state index in [4.69, 9.17) is 32.7 Å². The largest absolute Gasteiger partial charge is 0.482 e. The molecule has 0 spiro atoms. The lowest BCUT2D eigenvalue weighted by Crippen LogP contribution is -2.29. The maximum Gasteiger partial charge on any atom is 0.341 e. The number of anilines is 1. The highest BCUT2D eigenvalue weighted by atomic mass is 35.5. The van der Waals surface area contributed by atoms with Crippen LogP contribution in [-0.2, 0) is 40.3 Å². The first kappa shape index (κ1) is 31.1. The molecule has 0 fully saturated rings. The van der Waals surface area contributed by atoms with Crippen molar-refractivity contribution in [3.8, 4) is 5.75 Å². The van der Waals surface area contributed by atoms with Gasteiger partial charge < -0.3 is 24.7 Å². The van der Waals surface area contributed by atoms with Gasteiger partial charge >= 0.3 is 5.97 Å². The SMILES string of the molecule is CCCCn1c(CNC(=O)COc2ccc(Cl)cc2Cl)nnc1SCC(=O)Nc1sc2c(c1C(=O)OCC)CCC2. The number of amides is 2. The molecule has 2 amide bonds. The summed E-state index contributed by atoms with van der Waals surface area (Å²) in [6.07, 6.45) is 4.53. The van der Waals surface area contributed by atoms with Crippen LogP contribution < -0.4 is 15.4 Å². The second kappa shape index (κ2) is 14.9. The minimum absolute atomic E-state index is 0.0805. The molecule has 41 heavy (non-hydrogen) atoms. The Morgan fingerprint density at radius 1 is 1.15 bits per heavy atom. The van der Waals surface area contributed by atoms with E-state index in [0.717, 1.165) is 42.5 Å². The first-order valence-electron chi connectivity index (χ1n) is 13.3. The van der Waals surface area contributed by atoms with E-state index in [2.05, 4.69) is 27.8 Å². The van der Waals surface area contributed by atoms with E-state index in [9.17, 15) is 14.4 Å². The molecule has 0 bridgehead atoms. The fraction of sp³-hybridized carbons (Fsp3) is 0.444. The summed E-state index contributed by atoms with van der Waals surface area (Å²) in [5, 5.41) is 16.1. The molecule has 1 aromatic carbocycles. The van der Waals surface area contributed by atoms with E-state index < -0.39 is 5.97 Å². The van der Waals surface area contributed by atoms with E-state index in [-0.39, 0.29) is 37.3 Å². The van der Waals surface area contributed by atoms with Crippen molar-refractivity contribution < 1.29 is 23.9 Å². The van der Waals surface area contributed by atoms with Gasteiger partial charge in [0.15, 0.2) is 17.6 Å². The van der Waals surface area contributed by atoms with Crippen LogP contribution in [0.4, 0.5) is 5.00 Å². The Morgan fingerprint density at radius 2 is 1.98 bits per heavy atom. The number of hydrogen-bond donors (Lipinski definition) is 2. The van der Waals surface area contributed by atoms with Gasteiger partial charge in [-0.3, -0.25) is 9.59 Å². The van der Waals surface area contributed by atoms with Crippen LogP contribution in [0.3, 0.4) is 0 Å². The van der Waals surface area contributed by atoms with Crippen molar-refractivity contribution in [1.29, 1.82) is 0 Å². The lowest BCUT2D eigenvalue weighted by molar-refractivity contribution is -0.123. The Labute approximate surface area is 256 Å². The van der Waals surface area contributed by atoms with E-state index in [1.807, 2.05) is 4.57 Å². The topological polar surface area (TPSA) is 124 Å². The van der Waals surface area contributed by atoms with Crippen LogP contribution in [0.5, 0.6) is 5.75 Å². The van der Waals surface area contributed by atoms with Crippen LogP contribution >= 0.6 is 46.3 Å². The third-order valence-corrected chi connectivity index (χ3v) is 8.92. The van der Waals surface area contributed by atoms with Gasteiger partial charge in [0.2, 0.25) is 5.91 Å². The second-order valence-corrected chi connectivity index (χ2v) is 12.1. The number of carbonyl (C=O) groups is 3. The monoisotopic (exact) mass is 639 g/mol. The fourth-order valence-corrected chi connectivity index (χ4v) is 6.81. The van der Waals surface area contributed by atoms with Gasteiger partial charge in [-0.1, -0.05) is 48.3 Å². The molecule has 0 aliphatic heterocycles. The molecular weight excluding hydrogens is 609 g/mol. The van der Waals surface area contributed by atoms with Crippen molar-refractivity contribution in [2.24, 2.45) is 0 Å². The van der Waals surface area contributed by atoms with Crippen molar-refractivity contribution in [3.63, 3.8) is 0 Å². The quantitative estimate of drug-likeness (QED) is 0.174. The molecule has 0 atom stereocenters. The van der Waals surface area contributed by atoms with E-state index in [1.54, 1.807) is 19.1 Å². The number of thioether (sulfide) groups is 1. The minimum Gasteiger partial charge on any atom is -0.482 e. The molecule has 14 heteroatoms. The number of unbranched alkanes of at least 4 members (excludes halogenated alkanes) is 1. The Balaban J connectivity index is 1.35. The standard InChI is InChI=1S/C27H31Cl2N5O5S2/c1-3-5-11-34-21(13-30-22(35)14-39-19-10-9-16(28)12-18(19)29)32-33-27(34)40-15-23(36)31-25-24(26(37)38-4-2)17-7-6-8-20(17)41-25/h9-10,12H,3-8,11,13-15H2,1-2H3,(H,30,35)(H,31,36). The summed E-state index contributed by atoms with van der Waals surface area (Å²) in [4.78, 5) is 39.0. The Morgan fingerprint density at radius 3 is 2.73 bits per heavy atom. The zero-order valence-electron chi connectivity index (χ0n) is 22.8. The number of fused-ring (bicyclic) bond motifs is 1. The van der Waals surface area contributed by atoms with Crippen molar-refractivity contribution >= 4 is 69.1 Å². The number of carbonyl (C=O) groups excluding carboxylic acids is 3. The second-order valence-electron chi connectivity index (χ2n) is 9.16. The van der Waals surface area contributed by atoms with Gasteiger partial charge in [-0.15, -0.1) is 21.5 Å². The molecule has 2 N–H and O–H groups in total. The predicted molar refractivity (Wildman–Crippen MR) is 160 cm³/mol. The average molecular weight is 641 g/mol. The van der Waals surface area contributed by atoms with Crippen molar-refractivity contribution in [1.82, 2.24) is 20.1 Å². The highest BCUT2D eigenvalue weighted by Crippen LogP contribution is 2.39. The lowest BCUT2D eigenvalue weighted by atomic mass is 10.1. The number of nitrogens with one attached hydrogen (secondary N) is 2. The van der Waals surface area contributed by atoms with Gasteiger partial charge in [-0.25, -0.2) is 4.79 Å². The first-order valence-corrected chi connectivity index (χ1v) is 15.9. The summed E-state index contributed by atoms with van der Waals surface area (Å²) in [6, 6.07) is 4.77. The van der Waals surface area contributed by atoms with E-state index in [0.29, 0.717) is 43.9 Å². The smallest absolute Gasteiger partial charge is 0.341 e. The summed E-state index contributed by atoms with van der Waals surface area (Å²) in [7, 11) is 0. The number of rotatable bonds is 14. The number of aromatic nitrogens is 3. The molecule has 2 aromatic heterocycles. The number of hydrogen-bond acceptors (Lipinski definition) is 9. The molecule has 10 nitrogen and oxygen atoms in total. The van der Waals surface area contributed by atoms with E-state index >= 15 is 0 Å². The van der Waals surface area contributed by atoms with E-state index in [1.165, 1.54) is 29.2 Å². The highest BCUT2D eigenvalue weighted by Gasteiger charge is 2.28. The van der Waals surface area contributed by atoms with Crippen LogP contribution in [0.2, 0.25) is 10.0 Å². The molecular formula is C27H31Cl2N5O5S2. The van der Waals surface area contributed by atoms with Crippen LogP contribution in [0.15, 0.2) is 23.4 Å². The van der Waals surface area contributed by atoms with Crippen molar-refractivity contribution in [2.75, 3.05) is 24.3 Å². The third-order valence-electron chi connectivity index (χ3n) is 6.21. The average Bonchev–Trinajstić information content (AvgIpc) is 3.63. The molecule has 0 radical (unpaired) electrons. The predicted octanol–water partition coefficient (Wildman–Crippen LogP) is 5.54. The summed E-state index contributed by atoms with van der Waals surface area (Å²) >= 11 is 14.7. The molecule has 2 heterocycles. The molecule has 1 aliphatic rings. The number of aryl methyl sites for hydroxylation is 1. The molecule has 0 saturated carbocycles. The number of halogens is 2. The summed E-state index contributed by atoms with van der Waals surface area (Å²) < 4.78 is 12.6. The minimum atomic E-state index is -0.400. The number of esters is 1. The van der Waals surface area contributed by atoms with Crippen molar-refractivity contribution in [2.45, 2.75) is 64.2 Å². The van der Waals surface area contributed by atoms with Gasteiger partial charge in [-0.2, -0.15) is 0 Å². The Hall–Kier alpha value is -2.80. The molecule has 220 valence electrons. The van der Waals surface area contributed by atoms with Crippen LogP contribution in [0.25, 0.3) is 0 Å². The molecule has 1 aliphatic carbocycles. The first-order chi connectivity index (χ1) is 19.8. The molecule has 4 rings (SSSR count). The zero-order chi connectivity index (χ0) is 29.4. The molecule has 0 unspecified atom stereocenters. The van der Waals surface area contributed by atoms with Crippen molar-refractivity contribution in [3.05, 3.63) is 50.1 Å². The summed E-state index contributed by atoms with van der Waals surface area (Å²) in [5.74, 6) is 0.00190. The zero-order valence-corrected chi connectivity index (χ0v) is 25.9. The number of thiophene rings is 1. The maximum atomic E-state index is 12.9. The van der Waals surface area contributed by atoms with Gasteiger partial charge in [0, 0.05) is 16.4 Å². The number of nitrogens with zero attached hydrogens (tertiary/aromatic N) is 3. The van der Waals surface area contributed by atoms with Gasteiger partial charge in [0.05, 0.1) is 29.5 Å². The third kappa shape index (κ3) is 8.15. The highest BCUT2D eigenvalue weighted by molar-refractivity contribution is 7.99. The maximum absolute atomic E-state index is 12.9. The Kier molecular flexibility index (Phi) is 11.3. The number of benzene rings is 1. The lowest BCUT2D eigenvalue weighted by Gasteiger charge is -2.11. The summed E-state index contributed by atoms with van der Waals surface area (Å²) in [6.45, 7) is 4.66. The van der Waals surface area contributed by atoms with Gasteiger partial charge in [0.1, 0.15) is 10.8 Å². The number of ether oxygens (including phenoxy) is 2. The molecule has 3 aromatic rings. The van der Waals surface area contributed by atoms with Gasteiger partial charge in [0.25, 0.3) is 5.91 Å².